The van der Waals surface area contributed by atoms with Crippen molar-refractivity contribution in [3.63, 3.8) is 0 Å². The summed E-state index contributed by atoms with van der Waals surface area (Å²) in [5.41, 5.74) is -0.0420. The molecule has 0 radical (unpaired) electrons. The first-order chi connectivity index (χ1) is 11.5. The smallest absolute Gasteiger partial charge is 0.256 e. The number of benzene rings is 1. The molecule has 1 aliphatic rings. The first kappa shape index (κ1) is 19.1. The van der Waals surface area contributed by atoms with Crippen LogP contribution in [0.5, 0.6) is 5.75 Å². The summed E-state index contributed by atoms with van der Waals surface area (Å²) in [6, 6.07) is 5.32. The maximum Gasteiger partial charge on any atom is 0.256 e. The van der Waals surface area contributed by atoms with E-state index in [1.165, 1.54) is 0 Å². The predicted octanol–water partition coefficient (Wildman–Crippen LogP) is 5.05. The van der Waals surface area contributed by atoms with Crippen LogP contribution in [0.1, 0.15) is 52.9 Å². The zero-order valence-corrected chi connectivity index (χ0v) is 15.6. The minimum Gasteiger partial charge on any atom is -0.492 e. The highest BCUT2D eigenvalue weighted by atomic mass is 35.5. The number of rotatable bonds is 7. The second kappa shape index (κ2) is 8.72. The van der Waals surface area contributed by atoms with E-state index in [4.69, 9.17) is 21.1 Å². The SMILES string of the molecule is CCCOC1(C(=O)Nc2ccc(OCC)c(Cl)c2)CCC(C)CC1. The van der Waals surface area contributed by atoms with Gasteiger partial charge in [-0.25, -0.2) is 0 Å². The number of nitrogens with one attached hydrogen (secondary N) is 1. The molecule has 2 rings (SSSR count). The van der Waals surface area contributed by atoms with Crippen LogP contribution in [0.15, 0.2) is 18.2 Å². The lowest BCUT2D eigenvalue weighted by molar-refractivity contribution is -0.147. The van der Waals surface area contributed by atoms with Crippen LogP contribution >= 0.6 is 11.6 Å². The number of anilines is 1. The van der Waals surface area contributed by atoms with E-state index in [9.17, 15) is 4.79 Å². The van der Waals surface area contributed by atoms with Crippen molar-refractivity contribution in [3.8, 4) is 5.75 Å². The Morgan fingerprint density at radius 1 is 1.33 bits per heavy atom. The van der Waals surface area contributed by atoms with Gasteiger partial charge in [-0.3, -0.25) is 4.79 Å². The number of amides is 1. The van der Waals surface area contributed by atoms with Gasteiger partial charge in [0.25, 0.3) is 5.91 Å². The molecule has 0 unspecified atom stereocenters. The highest BCUT2D eigenvalue weighted by Gasteiger charge is 2.42. The van der Waals surface area contributed by atoms with Crippen LogP contribution in [0.2, 0.25) is 5.02 Å². The van der Waals surface area contributed by atoms with Gasteiger partial charge in [-0.05, 0) is 63.1 Å². The van der Waals surface area contributed by atoms with Crippen LogP contribution in [-0.4, -0.2) is 24.7 Å². The van der Waals surface area contributed by atoms with E-state index >= 15 is 0 Å². The maximum absolute atomic E-state index is 12.9. The van der Waals surface area contributed by atoms with Gasteiger partial charge in [-0.2, -0.15) is 0 Å². The molecule has 0 atom stereocenters. The maximum atomic E-state index is 12.9. The molecule has 1 amide bonds. The molecule has 0 bridgehead atoms. The lowest BCUT2D eigenvalue weighted by Gasteiger charge is -2.38. The number of hydrogen-bond acceptors (Lipinski definition) is 3. The summed E-state index contributed by atoms with van der Waals surface area (Å²) in [5, 5.41) is 3.48. The summed E-state index contributed by atoms with van der Waals surface area (Å²) in [5.74, 6) is 1.21. The Bertz CT molecular complexity index is 548. The monoisotopic (exact) mass is 353 g/mol. The van der Waals surface area contributed by atoms with Gasteiger partial charge >= 0.3 is 0 Å². The first-order valence-electron chi connectivity index (χ1n) is 8.88. The van der Waals surface area contributed by atoms with Gasteiger partial charge in [0.1, 0.15) is 11.4 Å². The fourth-order valence-electron chi connectivity index (χ4n) is 3.06. The highest BCUT2D eigenvalue weighted by molar-refractivity contribution is 6.32. The Morgan fingerprint density at radius 2 is 2.04 bits per heavy atom. The van der Waals surface area contributed by atoms with Gasteiger partial charge in [0.15, 0.2) is 0 Å². The molecule has 1 aliphatic carbocycles. The number of hydrogen-bond donors (Lipinski definition) is 1. The Labute approximate surface area is 149 Å². The van der Waals surface area contributed by atoms with Gasteiger partial charge < -0.3 is 14.8 Å². The molecule has 1 N–H and O–H groups in total. The van der Waals surface area contributed by atoms with Crippen LogP contribution in [0.4, 0.5) is 5.69 Å². The quantitative estimate of drug-likeness (QED) is 0.745. The van der Waals surface area contributed by atoms with Gasteiger partial charge in [-0.1, -0.05) is 25.4 Å². The largest absolute Gasteiger partial charge is 0.492 e. The molecule has 0 aromatic heterocycles. The molecule has 24 heavy (non-hydrogen) atoms. The third-order valence-corrected chi connectivity index (χ3v) is 4.86. The predicted molar refractivity (Wildman–Crippen MR) is 97.9 cm³/mol. The number of carbonyl (C=O) groups excluding carboxylic acids is 1. The topological polar surface area (TPSA) is 47.6 Å². The Kier molecular flexibility index (Phi) is 6.93. The molecule has 0 saturated heterocycles. The van der Waals surface area contributed by atoms with E-state index in [1.54, 1.807) is 12.1 Å². The normalized spacial score (nSPS) is 23.8. The molecule has 134 valence electrons. The first-order valence-corrected chi connectivity index (χ1v) is 9.26. The van der Waals surface area contributed by atoms with Crippen LogP contribution < -0.4 is 10.1 Å². The minimum atomic E-state index is -0.715. The summed E-state index contributed by atoms with van der Waals surface area (Å²) in [4.78, 5) is 12.9. The summed E-state index contributed by atoms with van der Waals surface area (Å²) in [6.45, 7) is 7.35. The van der Waals surface area contributed by atoms with Crippen molar-refractivity contribution in [2.24, 2.45) is 5.92 Å². The highest BCUT2D eigenvalue weighted by Crippen LogP contribution is 2.36. The van der Waals surface area contributed by atoms with Gasteiger partial charge in [0.2, 0.25) is 0 Å². The molecule has 1 fully saturated rings. The lowest BCUT2D eigenvalue weighted by Crippen LogP contribution is -2.48. The van der Waals surface area contributed by atoms with Crippen LogP contribution in [0.25, 0.3) is 0 Å². The number of ether oxygens (including phenoxy) is 2. The molecule has 0 heterocycles. The molecule has 0 spiro atoms. The van der Waals surface area contributed by atoms with Crippen LogP contribution in [0.3, 0.4) is 0 Å². The van der Waals surface area contributed by atoms with Crippen molar-refractivity contribution in [3.05, 3.63) is 23.2 Å². The van der Waals surface area contributed by atoms with Crippen molar-refractivity contribution >= 4 is 23.2 Å². The summed E-state index contributed by atoms with van der Waals surface area (Å²) >= 11 is 6.21. The van der Waals surface area contributed by atoms with E-state index in [1.807, 2.05) is 13.0 Å². The second-order valence-electron chi connectivity index (χ2n) is 6.56. The van der Waals surface area contributed by atoms with E-state index in [0.717, 1.165) is 32.1 Å². The molecule has 1 aromatic rings. The van der Waals surface area contributed by atoms with Gasteiger partial charge in [0.05, 0.1) is 11.6 Å². The summed E-state index contributed by atoms with van der Waals surface area (Å²) in [6.07, 6.45) is 4.47. The van der Waals surface area contributed by atoms with Crippen molar-refractivity contribution < 1.29 is 14.3 Å². The molecule has 0 aliphatic heterocycles. The lowest BCUT2D eigenvalue weighted by atomic mass is 9.78. The van der Waals surface area contributed by atoms with Crippen molar-refractivity contribution in [2.75, 3.05) is 18.5 Å². The Morgan fingerprint density at radius 3 is 2.62 bits per heavy atom. The zero-order valence-electron chi connectivity index (χ0n) is 14.9. The Balaban J connectivity index is 2.11. The molecular weight excluding hydrogens is 326 g/mol. The zero-order chi connectivity index (χ0) is 17.6. The third kappa shape index (κ3) is 4.64. The van der Waals surface area contributed by atoms with E-state index in [0.29, 0.717) is 35.6 Å². The standard InChI is InChI=1S/C19H28ClNO3/c1-4-12-24-19(10-8-14(3)9-11-19)18(22)21-15-6-7-17(23-5-2)16(20)13-15/h6-7,13-14H,4-5,8-12H2,1-3H3,(H,21,22). The molecular formula is C19H28ClNO3. The fourth-order valence-corrected chi connectivity index (χ4v) is 3.29. The molecule has 5 heteroatoms. The van der Waals surface area contributed by atoms with Gasteiger partial charge in [-0.15, -0.1) is 0 Å². The fraction of sp³-hybridized carbons (Fsp3) is 0.632. The van der Waals surface area contributed by atoms with Crippen molar-refractivity contribution in [2.45, 2.75) is 58.5 Å². The van der Waals surface area contributed by atoms with Gasteiger partial charge in [0, 0.05) is 12.3 Å². The average Bonchev–Trinajstić information content (AvgIpc) is 2.57. The van der Waals surface area contributed by atoms with E-state index in [2.05, 4.69) is 19.2 Å². The third-order valence-electron chi connectivity index (χ3n) is 4.57. The van der Waals surface area contributed by atoms with E-state index in [-0.39, 0.29) is 5.91 Å². The average molecular weight is 354 g/mol. The number of carbonyl (C=O) groups is 1. The van der Waals surface area contributed by atoms with E-state index < -0.39 is 5.60 Å². The van der Waals surface area contributed by atoms with Crippen molar-refractivity contribution in [1.82, 2.24) is 0 Å². The van der Waals surface area contributed by atoms with Crippen LogP contribution in [-0.2, 0) is 9.53 Å². The van der Waals surface area contributed by atoms with Crippen molar-refractivity contribution in [1.29, 1.82) is 0 Å². The number of halogens is 1. The molecule has 4 nitrogen and oxygen atoms in total. The Hall–Kier alpha value is -1.26. The van der Waals surface area contributed by atoms with Crippen LogP contribution in [0, 0.1) is 5.92 Å². The minimum absolute atomic E-state index is 0.0666. The molecule has 1 saturated carbocycles. The summed E-state index contributed by atoms with van der Waals surface area (Å²) < 4.78 is 11.5. The molecule has 1 aromatic carbocycles. The summed E-state index contributed by atoms with van der Waals surface area (Å²) in [7, 11) is 0. The second-order valence-corrected chi connectivity index (χ2v) is 6.96.